The van der Waals surface area contributed by atoms with E-state index in [-0.39, 0.29) is 12.4 Å². The minimum atomic E-state index is -0.353. The van der Waals surface area contributed by atoms with Gasteiger partial charge in [0.2, 0.25) is 0 Å². The SMILES string of the molecule is CCCCCCCCCCCC(=C=O)CC(=O)OC. The highest BCUT2D eigenvalue weighted by Gasteiger charge is 2.06. The Morgan fingerprint density at radius 1 is 0.947 bits per heavy atom. The Hall–Kier alpha value is -1.08. The first-order valence-corrected chi connectivity index (χ1v) is 7.54. The van der Waals surface area contributed by atoms with Gasteiger partial charge in [-0.05, 0) is 12.8 Å². The van der Waals surface area contributed by atoms with E-state index in [2.05, 4.69) is 11.7 Å². The van der Waals surface area contributed by atoms with E-state index in [1.54, 1.807) is 0 Å². The van der Waals surface area contributed by atoms with Crippen LogP contribution < -0.4 is 0 Å². The molecule has 0 aromatic heterocycles. The van der Waals surface area contributed by atoms with Gasteiger partial charge in [-0.15, -0.1) is 0 Å². The van der Waals surface area contributed by atoms with E-state index in [1.807, 2.05) is 5.94 Å². The third kappa shape index (κ3) is 11.7. The molecule has 0 rings (SSSR count). The van der Waals surface area contributed by atoms with Gasteiger partial charge in [0.1, 0.15) is 5.94 Å². The number of hydrogen-bond acceptors (Lipinski definition) is 3. The summed E-state index contributed by atoms with van der Waals surface area (Å²) in [6.07, 6.45) is 12.0. The van der Waals surface area contributed by atoms with Gasteiger partial charge < -0.3 is 4.74 Å². The van der Waals surface area contributed by atoms with Gasteiger partial charge in [-0.25, -0.2) is 4.79 Å². The van der Waals surface area contributed by atoms with E-state index < -0.39 is 0 Å². The molecule has 0 fully saturated rings. The number of ether oxygens (including phenoxy) is 1. The number of unbranched alkanes of at least 4 members (excludes halogenated alkanes) is 8. The Morgan fingerprint density at radius 3 is 1.95 bits per heavy atom. The van der Waals surface area contributed by atoms with Crippen LogP contribution in [-0.2, 0) is 14.3 Å². The molecule has 0 unspecified atom stereocenters. The predicted octanol–water partition coefficient (Wildman–Crippen LogP) is 4.23. The van der Waals surface area contributed by atoms with Crippen molar-refractivity contribution in [3.8, 4) is 0 Å². The lowest BCUT2D eigenvalue weighted by molar-refractivity contribution is -0.139. The Balaban J connectivity index is 3.42. The summed E-state index contributed by atoms with van der Waals surface area (Å²) < 4.78 is 4.54. The molecule has 0 aromatic carbocycles. The van der Waals surface area contributed by atoms with Crippen LogP contribution in [0.3, 0.4) is 0 Å². The smallest absolute Gasteiger partial charge is 0.310 e. The quantitative estimate of drug-likeness (QED) is 0.302. The van der Waals surface area contributed by atoms with Crippen LogP contribution in [0.2, 0.25) is 0 Å². The fraction of sp³-hybridized carbons (Fsp3) is 0.812. The molecule has 0 heterocycles. The molecule has 0 aliphatic rings. The average Bonchev–Trinajstić information content (AvgIpc) is 2.43. The molecule has 0 amide bonds. The van der Waals surface area contributed by atoms with Crippen molar-refractivity contribution >= 4 is 11.9 Å². The number of carbonyl (C=O) groups excluding carboxylic acids is 2. The van der Waals surface area contributed by atoms with Crippen molar-refractivity contribution in [2.45, 2.75) is 77.6 Å². The van der Waals surface area contributed by atoms with Gasteiger partial charge in [0, 0.05) is 5.57 Å². The van der Waals surface area contributed by atoms with Gasteiger partial charge in [-0.1, -0.05) is 58.3 Å². The fourth-order valence-corrected chi connectivity index (χ4v) is 2.07. The van der Waals surface area contributed by atoms with Crippen molar-refractivity contribution in [2.75, 3.05) is 7.11 Å². The lowest BCUT2D eigenvalue weighted by atomic mass is 10.0. The second-order valence-corrected chi connectivity index (χ2v) is 5.04. The molecular formula is C16H28O3. The zero-order chi connectivity index (χ0) is 14.3. The van der Waals surface area contributed by atoms with Crippen molar-refractivity contribution in [1.82, 2.24) is 0 Å². The van der Waals surface area contributed by atoms with Crippen molar-refractivity contribution in [1.29, 1.82) is 0 Å². The first kappa shape index (κ1) is 17.9. The summed E-state index contributed by atoms with van der Waals surface area (Å²) in [7, 11) is 1.34. The van der Waals surface area contributed by atoms with E-state index >= 15 is 0 Å². The minimum Gasteiger partial charge on any atom is -0.469 e. The molecule has 0 aliphatic carbocycles. The lowest BCUT2D eigenvalue weighted by Gasteiger charge is -2.03. The highest BCUT2D eigenvalue weighted by atomic mass is 16.5. The van der Waals surface area contributed by atoms with E-state index in [0.29, 0.717) is 12.0 Å². The number of hydrogen-bond donors (Lipinski definition) is 0. The normalized spacial score (nSPS) is 10.0. The molecule has 19 heavy (non-hydrogen) atoms. The summed E-state index contributed by atoms with van der Waals surface area (Å²) in [6.45, 7) is 2.23. The first-order chi connectivity index (χ1) is 9.24. The number of esters is 1. The molecule has 0 radical (unpaired) electrons. The van der Waals surface area contributed by atoms with Crippen molar-refractivity contribution < 1.29 is 14.3 Å². The molecule has 0 saturated heterocycles. The second kappa shape index (κ2) is 13.4. The number of carbonyl (C=O) groups is 1. The van der Waals surface area contributed by atoms with Gasteiger partial charge in [0.05, 0.1) is 13.5 Å². The Bertz CT molecular complexity index is 278. The van der Waals surface area contributed by atoms with Crippen LogP contribution in [-0.4, -0.2) is 19.0 Å². The molecule has 0 saturated carbocycles. The van der Waals surface area contributed by atoms with E-state index in [0.717, 1.165) is 12.8 Å². The van der Waals surface area contributed by atoms with Gasteiger partial charge in [0.25, 0.3) is 0 Å². The summed E-state index contributed by atoms with van der Waals surface area (Å²) in [5.74, 6) is 1.51. The van der Waals surface area contributed by atoms with E-state index in [9.17, 15) is 9.59 Å². The van der Waals surface area contributed by atoms with Crippen LogP contribution in [0.4, 0.5) is 0 Å². The highest BCUT2D eigenvalue weighted by Crippen LogP contribution is 2.14. The van der Waals surface area contributed by atoms with Crippen LogP contribution in [0.25, 0.3) is 0 Å². The van der Waals surface area contributed by atoms with E-state index in [4.69, 9.17) is 0 Å². The molecule has 110 valence electrons. The highest BCUT2D eigenvalue weighted by molar-refractivity contribution is 5.75. The third-order valence-corrected chi connectivity index (χ3v) is 3.31. The van der Waals surface area contributed by atoms with Gasteiger partial charge >= 0.3 is 5.97 Å². The minimum absolute atomic E-state index is 0.0943. The first-order valence-electron chi connectivity index (χ1n) is 7.54. The summed E-state index contributed by atoms with van der Waals surface area (Å²) in [5, 5.41) is 0. The Labute approximate surface area is 117 Å². The number of rotatable bonds is 12. The van der Waals surface area contributed by atoms with Crippen LogP contribution in [0, 0.1) is 0 Å². The van der Waals surface area contributed by atoms with Crippen molar-refractivity contribution in [2.24, 2.45) is 0 Å². The summed E-state index contributed by atoms with van der Waals surface area (Å²) >= 11 is 0. The maximum atomic E-state index is 11.0. The van der Waals surface area contributed by atoms with E-state index in [1.165, 1.54) is 52.1 Å². The average molecular weight is 268 g/mol. The molecule has 0 spiro atoms. The standard InChI is InChI=1S/C16H28O3/c1-3-4-5-6-7-8-9-10-11-12-15(14-17)13-16(18)19-2/h3-13H2,1-2H3. The molecule has 3 heteroatoms. The van der Waals surface area contributed by atoms with Crippen LogP contribution in [0.1, 0.15) is 77.6 Å². The molecular weight excluding hydrogens is 240 g/mol. The number of methoxy groups -OCH3 is 1. The largest absolute Gasteiger partial charge is 0.469 e. The lowest BCUT2D eigenvalue weighted by Crippen LogP contribution is -2.02. The maximum Gasteiger partial charge on any atom is 0.310 e. The zero-order valence-electron chi connectivity index (χ0n) is 12.5. The Kier molecular flexibility index (Phi) is 12.6. The molecule has 0 bridgehead atoms. The zero-order valence-corrected chi connectivity index (χ0v) is 12.5. The van der Waals surface area contributed by atoms with Crippen LogP contribution >= 0.6 is 0 Å². The summed E-state index contributed by atoms with van der Waals surface area (Å²) in [5.41, 5.74) is 0.537. The predicted molar refractivity (Wildman–Crippen MR) is 77.7 cm³/mol. The molecule has 3 nitrogen and oxygen atoms in total. The topological polar surface area (TPSA) is 43.4 Å². The monoisotopic (exact) mass is 268 g/mol. The Morgan fingerprint density at radius 2 is 1.47 bits per heavy atom. The third-order valence-electron chi connectivity index (χ3n) is 3.31. The summed E-state index contributed by atoms with van der Waals surface area (Å²) in [6, 6.07) is 0. The fourth-order valence-electron chi connectivity index (χ4n) is 2.07. The van der Waals surface area contributed by atoms with Gasteiger partial charge in [0.15, 0.2) is 0 Å². The molecule has 0 aliphatic heterocycles. The summed E-state index contributed by atoms with van der Waals surface area (Å²) in [4.78, 5) is 21.7. The van der Waals surface area contributed by atoms with Gasteiger partial charge in [-0.3, -0.25) is 4.79 Å². The van der Waals surface area contributed by atoms with Crippen molar-refractivity contribution in [3.63, 3.8) is 0 Å². The molecule has 0 aromatic rings. The van der Waals surface area contributed by atoms with Crippen LogP contribution in [0.5, 0.6) is 0 Å². The maximum absolute atomic E-state index is 11.0. The second-order valence-electron chi connectivity index (χ2n) is 5.04. The molecule has 0 atom stereocenters. The molecule has 0 N–H and O–H groups in total. The van der Waals surface area contributed by atoms with Crippen LogP contribution in [0.15, 0.2) is 5.57 Å². The van der Waals surface area contributed by atoms with Gasteiger partial charge in [-0.2, -0.15) is 0 Å². The van der Waals surface area contributed by atoms with Crippen molar-refractivity contribution in [3.05, 3.63) is 5.57 Å².